The van der Waals surface area contributed by atoms with E-state index in [1.807, 2.05) is 24.3 Å². The minimum Gasteiger partial charge on any atom is -0.497 e. The van der Waals surface area contributed by atoms with Crippen molar-refractivity contribution < 1.29 is 9.47 Å². The van der Waals surface area contributed by atoms with Crippen LogP contribution >= 0.6 is 27.5 Å². The van der Waals surface area contributed by atoms with Gasteiger partial charge in [-0.3, -0.25) is 4.98 Å². The van der Waals surface area contributed by atoms with Crippen LogP contribution in [0.25, 0.3) is 0 Å². The molecule has 2 rings (SSSR count). The van der Waals surface area contributed by atoms with Gasteiger partial charge in [0, 0.05) is 34.9 Å². The predicted octanol–water partition coefficient (Wildman–Crippen LogP) is 4.22. The highest BCUT2D eigenvalue weighted by atomic mass is 79.9. The van der Waals surface area contributed by atoms with Crippen LogP contribution < -0.4 is 9.47 Å². The van der Waals surface area contributed by atoms with E-state index in [-0.39, 0.29) is 0 Å². The average Bonchev–Trinajstić information content (AvgIpc) is 2.46. The molecule has 0 N–H and O–H groups in total. The molecule has 1 heterocycles. The van der Waals surface area contributed by atoms with Gasteiger partial charge in [0.15, 0.2) is 0 Å². The van der Waals surface area contributed by atoms with Crippen molar-refractivity contribution in [1.82, 2.24) is 4.98 Å². The molecular formula is C14H13BrClNO2. The van der Waals surface area contributed by atoms with E-state index < -0.39 is 0 Å². The van der Waals surface area contributed by atoms with Gasteiger partial charge in [0.05, 0.1) is 12.1 Å². The first-order chi connectivity index (χ1) is 9.24. The van der Waals surface area contributed by atoms with Gasteiger partial charge in [-0.05, 0) is 12.1 Å². The van der Waals surface area contributed by atoms with Crippen LogP contribution in [0.15, 0.2) is 36.7 Å². The highest BCUT2D eigenvalue weighted by Gasteiger charge is 2.07. The number of ether oxygens (including phenoxy) is 2. The maximum atomic E-state index is 6.05. The fourth-order valence-corrected chi connectivity index (χ4v) is 2.22. The van der Waals surface area contributed by atoms with Gasteiger partial charge in [-0.25, -0.2) is 0 Å². The highest BCUT2D eigenvalue weighted by molar-refractivity contribution is 9.08. The van der Waals surface area contributed by atoms with E-state index in [1.165, 1.54) is 0 Å². The van der Waals surface area contributed by atoms with Gasteiger partial charge in [0.2, 0.25) is 0 Å². The number of benzene rings is 1. The Morgan fingerprint density at radius 1 is 1.26 bits per heavy atom. The standard InChI is InChI=1S/C14H13BrClNO2/c1-18-12-3-2-10(7-15)14(6-12)19-9-11-4-5-17-8-13(11)16/h2-6,8H,7,9H2,1H3. The van der Waals surface area contributed by atoms with Crippen molar-refractivity contribution in [1.29, 1.82) is 0 Å². The molecular weight excluding hydrogens is 330 g/mol. The lowest BCUT2D eigenvalue weighted by molar-refractivity contribution is 0.301. The summed E-state index contributed by atoms with van der Waals surface area (Å²) >= 11 is 9.48. The second-order valence-corrected chi connectivity index (χ2v) is 4.83. The zero-order chi connectivity index (χ0) is 13.7. The Bertz CT molecular complexity index is 563. The number of aromatic nitrogens is 1. The molecule has 0 aliphatic heterocycles. The zero-order valence-electron chi connectivity index (χ0n) is 10.4. The van der Waals surface area contributed by atoms with Gasteiger partial charge in [-0.2, -0.15) is 0 Å². The lowest BCUT2D eigenvalue weighted by atomic mass is 10.2. The van der Waals surface area contributed by atoms with Crippen molar-refractivity contribution in [3.05, 3.63) is 52.8 Å². The van der Waals surface area contributed by atoms with Crippen molar-refractivity contribution >= 4 is 27.5 Å². The minimum atomic E-state index is 0.397. The maximum Gasteiger partial charge on any atom is 0.127 e. The average molecular weight is 343 g/mol. The van der Waals surface area contributed by atoms with Crippen LogP contribution in [0.1, 0.15) is 11.1 Å². The molecule has 1 aromatic heterocycles. The zero-order valence-corrected chi connectivity index (χ0v) is 12.7. The summed E-state index contributed by atoms with van der Waals surface area (Å²) in [4.78, 5) is 3.95. The number of rotatable bonds is 5. The summed E-state index contributed by atoms with van der Waals surface area (Å²) in [5, 5.41) is 1.32. The van der Waals surface area contributed by atoms with Crippen molar-refractivity contribution in [3.63, 3.8) is 0 Å². The molecule has 19 heavy (non-hydrogen) atoms. The third-order valence-corrected chi connectivity index (χ3v) is 3.60. The third-order valence-electron chi connectivity index (χ3n) is 2.66. The van der Waals surface area contributed by atoms with Crippen LogP contribution in [-0.4, -0.2) is 12.1 Å². The normalized spacial score (nSPS) is 10.3. The number of alkyl halides is 1. The van der Waals surface area contributed by atoms with Gasteiger partial charge in [0.1, 0.15) is 18.1 Å². The summed E-state index contributed by atoms with van der Waals surface area (Å²) in [6.07, 6.45) is 3.30. The quantitative estimate of drug-likeness (QED) is 0.763. The number of methoxy groups -OCH3 is 1. The SMILES string of the molecule is COc1ccc(CBr)c(OCc2ccncc2Cl)c1. The van der Waals surface area contributed by atoms with Crippen LogP contribution in [0, 0.1) is 0 Å². The molecule has 0 fully saturated rings. The van der Waals surface area contributed by atoms with Crippen LogP contribution in [0.4, 0.5) is 0 Å². The Morgan fingerprint density at radius 3 is 2.79 bits per heavy atom. The molecule has 0 amide bonds. The summed E-state index contributed by atoms with van der Waals surface area (Å²) in [7, 11) is 1.63. The van der Waals surface area contributed by atoms with E-state index in [4.69, 9.17) is 21.1 Å². The largest absolute Gasteiger partial charge is 0.497 e. The molecule has 2 aromatic rings. The Balaban J connectivity index is 2.16. The van der Waals surface area contributed by atoms with Crippen molar-refractivity contribution in [2.75, 3.05) is 7.11 Å². The number of nitrogens with zero attached hydrogens (tertiary/aromatic N) is 1. The molecule has 0 radical (unpaired) electrons. The maximum absolute atomic E-state index is 6.05. The molecule has 0 bridgehead atoms. The molecule has 3 nitrogen and oxygen atoms in total. The summed E-state index contributed by atoms with van der Waals surface area (Å²) in [6, 6.07) is 7.59. The molecule has 0 saturated heterocycles. The van der Waals surface area contributed by atoms with Crippen LogP contribution in [0.3, 0.4) is 0 Å². The van der Waals surface area contributed by atoms with Crippen molar-refractivity contribution in [2.24, 2.45) is 0 Å². The molecule has 5 heteroatoms. The number of pyridine rings is 1. The molecule has 0 spiro atoms. The number of hydrogen-bond donors (Lipinski definition) is 0. The van der Waals surface area contributed by atoms with E-state index in [1.54, 1.807) is 19.5 Å². The van der Waals surface area contributed by atoms with E-state index in [2.05, 4.69) is 20.9 Å². The fraction of sp³-hybridized carbons (Fsp3) is 0.214. The minimum absolute atomic E-state index is 0.397. The second kappa shape index (κ2) is 6.78. The molecule has 0 atom stereocenters. The number of hydrogen-bond acceptors (Lipinski definition) is 3. The summed E-state index contributed by atoms with van der Waals surface area (Å²) in [5.74, 6) is 1.55. The summed E-state index contributed by atoms with van der Waals surface area (Å²) < 4.78 is 11.0. The Labute approximate surface area is 125 Å². The van der Waals surface area contributed by atoms with Crippen LogP contribution in [-0.2, 0) is 11.9 Å². The van der Waals surface area contributed by atoms with Gasteiger partial charge in [0.25, 0.3) is 0 Å². The fourth-order valence-electron chi connectivity index (χ4n) is 1.58. The van der Waals surface area contributed by atoms with Crippen LogP contribution in [0.5, 0.6) is 11.5 Å². The molecule has 0 saturated carbocycles. The predicted molar refractivity (Wildman–Crippen MR) is 79.2 cm³/mol. The monoisotopic (exact) mass is 341 g/mol. The highest BCUT2D eigenvalue weighted by Crippen LogP contribution is 2.28. The molecule has 100 valence electrons. The molecule has 0 aliphatic rings. The Hall–Kier alpha value is -1.26. The van der Waals surface area contributed by atoms with Gasteiger partial charge >= 0.3 is 0 Å². The van der Waals surface area contributed by atoms with E-state index in [0.29, 0.717) is 11.6 Å². The first kappa shape index (κ1) is 14.2. The third kappa shape index (κ3) is 3.61. The lowest BCUT2D eigenvalue weighted by Gasteiger charge is -2.12. The van der Waals surface area contributed by atoms with Gasteiger partial charge in [-0.1, -0.05) is 33.6 Å². The summed E-state index contributed by atoms with van der Waals surface area (Å²) in [6.45, 7) is 0.397. The smallest absolute Gasteiger partial charge is 0.127 e. The lowest BCUT2D eigenvalue weighted by Crippen LogP contribution is -1.99. The Kier molecular flexibility index (Phi) is 5.05. The first-order valence-electron chi connectivity index (χ1n) is 5.68. The molecule has 0 aliphatic carbocycles. The molecule has 0 unspecified atom stereocenters. The van der Waals surface area contributed by atoms with Crippen molar-refractivity contribution in [3.8, 4) is 11.5 Å². The topological polar surface area (TPSA) is 31.4 Å². The first-order valence-corrected chi connectivity index (χ1v) is 7.18. The van der Waals surface area contributed by atoms with Crippen molar-refractivity contribution in [2.45, 2.75) is 11.9 Å². The molecule has 1 aromatic carbocycles. The van der Waals surface area contributed by atoms with E-state index >= 15 is 0 Å². The van der Waals surface area contributed by atoms with Gasteiger partial charge < -0.3 is 9.47 Å². The second-order valence-electron chi connectivity index (χ2n) is 3.86. The number of halogens is 2. The van der Waals surface area contributed by atoms with E-state index in [0.717, 1.165) is 28.0 Å². The summed E-state index contributed by atoms with van der Waals surface area (Å²) in [5.41, 5.74) is 1.96. The van der Waals surface area contributed by atoms with Gasteiger partial charge in [-0.15, -0.1) is 0 Å². The Morgan fingerprint density at radius 2 is 2.11 bits per heavy atom. The van der Waals surface area contributed by atoms with Crippen LogP contribution in [0.2, 0.25) is 5.02 Å². The van der Waals surface area contributed by atoms with E-state index in [9.17, 15) is 0 Å².